The normalized spacial score (nSPS) is 10.0. The Labute approximate surface area is 137 Å². The van der Waals surface area contributed by atoms with Gasteiger partial charge in [0, 0.05) is 9.13 Å². The first-order valence-corrected chi connectivity index (χ1v) is 7.43. The molecule has 108 valence electrons. The van der Waals surface area contributed by atoms with Gasteiger partial charge in [0.25, 0.3) is 0 Å². The number of rotatable bonds is 5. The lowest BCUT2D eigenvalue weighted by molar-refractivity contribution is -0.133. The summed E-state index contributed by atoms with van der Waals surface area (Å²) in [7, 11) is 1.34. The molecule has 0 spiro atoms. The van der Waals surface area contributed by atoms with Crippen LogP contribution in [0, 0.1) is 3.57 Å². The number of halogens is 1. The smallest absolute Gasteiger partial charge is 0.337 e. The summed E-state index contributed by atoms with van der Waals surface area (Å²) in [5, 5.41) is 0. The molecule has 0 saturated carbocycles. The van der Waals surface area contributed by atoms with Gasteiger partial charge in [-0.15, -0.1) is 0 Å². The van der Waals surface area contributed by atoms with E-state index in [1.165, 1.54) is 7.11 Å². The monoisotopic (exact) mass is 394 g/mol. The number of carbonyl (C=O) groups is 1. The first-order chi connectivity index (χ1) is 10.1. The molecule has 0 amide bonds. The highest BCUT2D eigenvalue weighted by molar-refractivity contribution is 14.1. The van der Waals surface area contributed by atoms with Crippen LogP contribution in [0.1, 0.15) is 11.1 Å². The van der Waals surface area contributed by atoms with Gasteiger partial charge in [-0.05, 0) is 46.4 Å². The Morgan fingerprint density at radius 3 is 2.57 bits per heavy atom. The topological polar surface area (TPSA) is 35.5 Å². The first kappa shape index (κ1) is 15.6. The van der Waals surface area contributed by atoms with E-state index in [9.17, 15) is 4.79 Å². The second-order valence-corrected chi connectivity index (χ2v) is 5.63. The van der Waals surface area contributed by atoms with E-state index >= 15 is 0 Å². The van der Waals surface area contributed by atoms with Gasteiger partial charge in [-0.2, -0.15) is 0 Å². The van der Waals surface area contributed by atoms with Crippen molar-refractivity contribution in [3.8, 4) is 5.75 Å². The van der Waals surface area contributed by atoms with Crippen LogP contribution in [0.25, 0.3) is 5.57 Å². The van der Waals surface area contributed by atoms with Crippen LogP contribution in [0.4, 0.5) is 0 Å². The molecule has 0 bridgehead atoms. The molecule has 21 heavy (non-hydrogen) atoms. The molecule has 0 saturated heterocycles. The predicted molar refractivity (Wildman–Crippen MR) is 91.0 cm³/mol. The molecule has 0 unspecified atom stereocenters. The molecular formula is C17H15IO3. The molecule has 2 rings (SSSR count). The molecule has 0 fully saturated rings. The van der Waals surface area contributed by atoms with E-state index in [1.54, 1.807) is 0 Å². The molecule has 0 aromatic heterocycles. The Bertz CT molecular complexity index is 650. The lowest BCUT2D eigenvalue weighted by Gasteiger charge is -2.13. The van der Waals surface area contributed by atoms with E-state index in [0.717, 1.165) is 9.13 Å². The van der Waals surface area contributed by atoms with E-state index in [-0.39, 0.29) is 5.57 Å². The van der Waals surface area contributed by atoms with Gasteiger partial charge in [0.05, 0.1) is 12.7 Å². The summed E-state index contributed by atoms with van der Waals surface area (Å²) in [5.41, 5.74) is 2.00. The van der Waals surface area contributed by atoms with Crippen LogP contribution in [0.2, 0.25) is 0 Å². The van der Waals surface area contributed by atoms with Crippen LogP contribution >= 0.6 is 22.6 Å². The Morgan fingerprint density at radius 2 is 1.90 bits per heavy atom. The highest BCUT2D eigenvalue weighted by Gasteiger charge is 2.15. The highest BCUT2D eigenvalue weighted by Crippen LogP contribution is 2.28. The predicted octanol–water partition coefficient (Wildman–Crippen LogP) is 4.06. The van der Waals surface area contributed by atoms with Gasteiger partial charge >= 0.3 is 5.97 Å². The average molecular weight is 394 g/mol. The van der Waals surface area contributed by atoms with Crippen molar-refractivity contribution in [3.05, 3.63) is 69.8 Å². The summed E-state index contributed by atoms with van der Waals surface area (Å²) in [4.78, 5) is 11.6. The first-order valence-electron chi connectivity index (χ1n) is 6.35. The third-order valence-corrected chi connectivity index (χ3v) is 3.61. The van der Waals surface area contributed by atoms with Gasteiger partial charge in [0.1, 0.15) is 12.4 Å². The van der Waals surface area contributed by atoms with Crippen LogP contribution in [0.3, 0.4) is 0 Å². The van der Waals surface area contributed by atoms with E-state index in [0.29, 0.717) is 17.9 Å². The minimum absolute atomic E-state index is 0.289. The molecule has 3 nitrogen and oxygen atoms in total. The molecular weight excluding hydrogens is 379 g/mol. The van der Waals surface area contributed by atoms with Crippen molar-refractivity contribution in [1.29, 1.82) is 0 Å². The second kappa shape index (κ2) is 7.26. The summed E-state index contributed by atoms with van der Waals surface area (Å²) in [6.45, 7) is 4.22. The number of carbonyl (C=O) groups excluding carboxylic acids is 1. The molecule has 0 N–H and O–H groups in total. The van der Waals surface area contributed by atoms with E-state index in [2.05, 4.69) is 29.2 Å². The van der Waals surface area contributed by atoms with Gasteiger partial charge in [-0.3, -0.25) is 0 Å². The number of hydrogen-bond acceptors (Lipinski definition) is 3. The summed E-state index contributed by atoms with van der Waals surface area (Å²) in [6.07, 6.45) is 0. The van der Waals surface area contributed by atoms with Crippen molar-refractivity contribution in [1.82, 2.24) is 0 Å². The second-order valence-electron chi connectivity index (χ2n) is 4.38. The number of benzene rings is 2. The number of methoxy groups -OCH3 is 1. The summed E-state index contributed by atoms with van der Waals surface area (Å²) in [5.74, 6) is 0.168. The van der Waals surface area contributed by atoms with Gasteiger partial charge in [-0.25, -0.2) is 4.79 Å². The maximum atomic E-state index is 11.6. The SMILES string of the molecule is C=C(C(=O)OC)c1ccc(I)cc1OCc1ccccc1. The molecule has 0 aliphatic heterocycles. The van der Waals surface area contributed by atoms with Crippen molar-refractivity contribution in [2.24, 2.45) is 0 Å². The van der Waals surface area contributed by atoms with Crippen LogP contribution in [-0.2, 0) is 16.1 Å². The van der Waals surface area contributed by atoms with Crippen molar-refractivity contribution < 1.29 is 14.3 Å². The third-order valence-electron chi connectivity index (χ3n) is 2.94. The molecule has 2 aromatic carbocycles. The lowest BCUT2D eigenvalue weighted by atomic mass is 10.1. The average Bonchev–Trinajstić information content (AvgIpc) is 2.52. The number of esters is 1. The van der Waals surface area contributed by atoms with Crippen molar-refractivity contribution in [2.75, 3.05) is 7.11 Å². The summed E-state index contributed by atoms with van der Waals surface area (Å²) in [6, 6.07) is 15.5. The molecule has 0 heterocycles. The van der Waals surface area contributed by atoms with Crippen LogP contribution in [-0.4, -0.2) is 13.1 Å². The highest BCUT2D eigenvalue weighted by atomic mass is 127. The molecule has 0 radical (unpaired) electrons. The summed E-state index contributed by atoms with van der Waals surface area (Å²) < 4.78 is 11.6. The number of hydrogen-bond donors (Lipinski definition) is 0. The van der Waals surface area contributed by atoms with Crippen LogP contribution in [0.5, 0.6) is 5.75 Å². The zero-order chi connectivity index (χ0) is 15.2. The third kappa shape index (κ3) is 4.07. The Morgan fingerprint density at radius 1 is 1.19 bits per heavy atom. The Balaban J connectivity index is 2.23. The molecule has 2 aromatic rings. The van der Waals surface area contributed by atoms with Crippen LogP contribution in [0.15, 0.2) is 55.1 Å². The van der Waals surface area contributed by atoms with E-state index < -0.39 is 5.97 Å². The van der Waals surface area contributed by atoms with Gasteiger partial charge in [0.2, 0.25) is 0 Å². The zero-order valence-corrected chi connectivity index (χ0v) is 13.8. The molecule has 0 aliphatic rings. The zero-order valence-electron chi connectivity index (χ0n) is 11.6. The van der Waals surface area contributed by atoms with Gasteiger partial charge < -0.3 is 9.47 Å². The Kier molecular flexibility index (Phi) is 5.38. The van der Waals surface area contributed by atoms with E-state index in [1.807, 2.05) is 48.5 Å². The lowest BCUT2D eigenvalue weighted by Crippen LogP contribution is -2.05. The fraction of sp³-hybridized carbons (Fsp3) is 0.118. The minimum Gasteiger partial charge on any atom is -0.488 e. The maximum absolute atomic E-state index is 11.6. The fourth-order valence-corrected chi connectivity index (χ4v) is 2.30. The molecule has 0 aliphatic carbocycles. The van der Waals surface area contributed by atoms with Crippen molar-refractivity contribution in [3.63, 3.8) is 0 Å². The molecule has 0 atom stereocenters. The fourth-order valence-electron chi connectivity index (χ4n) is 1.83. The van der Waals surface area contributed by atoms with Crippen molar-refractivity contribution in [2.45, 2.75) is 6.61 Å². The minimum atomic E-state index is -0.458. The van der Waals surface area contributed by atoms with Gasteiger partial charge in [-0.1, -0.05) is 36.9 Å². The molecule has 4 heteroatoms. The van der Waals surface area contributed by atoms with Crippen molar-refractivity contribution >= 4 is 34.1 Å². The maximum Gasteiger partial charge on any atom is 0.337 e. The standard InChI is InChI=1S/C17H15IO3/c1-12(17(19)20-2)15-9-8-14(18)10-16(15)21-11-13-6-4-3-5-7-13/h3-10H,1,11H2,2H3. The summed E-state index contributed by atoms with van der Waals surface area (Å²) >= 11 is 2.20. The quantitative estimate of drug-likeness (QED) is 0.436. The van der Waals surface area contributed by atoms with Gasteiger partial charge in [0.15, 0.2) is 0 Å². The van der Waals surface area contributed by atoms with E-state index in [4.69, 9.17) is 9.47 Å². The van der Waals surface area contributed by atoms with Crippen LogP contribution < -0.4 is 4.74 Å². The largest absolute Gasteiger partial charge is 0.488 e. The Hall–Kier alpha value is -1.82. The number of ether oxygens (including phenoxy) is 2.